The lowest BCUT2D eigenvalue weighted by molar-refractivity contribution is -0.384. The van der Waals surface area contributed by atoms with Gasteiger partial charge in [0.15, 0.2) is 0 Å². The molecule has 2 rings (SSSR count). The summed E-state index contributed by atoms with van der Waals surface area (Å²) in [6.45, 7) is 3.33. The number of nitro groups is 1. The first-order chi connectivity index (χ1) is 9.44. The van der Waals surface area contributed by atoms with Crippen molar-refractivity contribution in [1.29, 1.82) is 0 Å². The predicted octanol–water partition coefficient (Wildman–Crippen LogP) is 2.22. The molecule has 1 unspecified atom stereocenters. The molecule has 0 bridgehead atoms. The minimum absolute atomic E-state index is 0.0500. The van der Waals surface area contributed by atoms with E-state index in [0.717, 1.165) is 19.4 Å². The number of anilines is 1. The van der Waals surface area contributed by atoms with Gasteiger partial charge in [0, 0.05) is 24.4 Å². The molecule has 7 heteroatoms. The van der Waals surface area contributed by atoms with Crippen LogP contribution < -0.4 is 10.2 Å². The molecule has 1 atom stereocenters. The van der Waals surface area contributed by atoms with E-state index in [2.05, 4.69) is 5.32 Å². The number of non-ortho nitro benzene ring substituents is 1. The summed E-state index contributed by atoms with van der Waals surface area (Å²) in [5.74, 6) is 0. The second-order valence-electron chi connectivity index (χ2n) is 5.17. The fourth-order valence-electron chi connectivity index (χ4n) is 2.61. The van der Waals surface area contributed by atoms with Gasteiger partial charge in [-0.25, -0.2) is 4.79 Å². The van der Waals surface area contributed by atoms with Crippen molar-refractivity contribution in [3.8, 4) is 0 Å². The molecule has 20 heavy (non-hydrogen) atoms. The highest BCUT2D eigenvalue weighted by Crippen LogP contribution is 2.30. The highest BCUT2D eigenvalue weighted by molar-refractivity contribution is 5.88. The Labute approximate surface area is 116 Å². The fourth-order valence-corrected chi connectivity index (χ4v) is 2.61. The maximum atomic E-state index is 11.6. The topological polar surface area (TPSA) is 95.7 Å². The molecule has 1 aliphatic rings. The van der Waals surface area contributed by atoms with Gasteiger partial charge in [0.25, 0.3) is 5.69 Å². The molecule has 0 spiro atoms. The molecular formula is C13H17N3O4. The summed E-state index contributed by atoms with van der Waals surface area (Å²) in [6, 6.07) is 5.61. The van der Waals surface area contributed by atoms with Crippen molar-refractivity contribution >= 4 is 17.5 Å². The minimum Gasteiger partial charge on any atom is -0.465 e. The third kappa shape index (κ3) is 2.72. The summed E-state index contributed by atoms with van der Waals surface area (Å²) in [6.07, 6.45) is 0.598. The smallest absolute Gasteiger partial charge is 0.412 e. The Morgan fingerprint density at radius 1 is 1.45 bits per heavy atom. The van der Waals surface area contributed by atoms with Crippen molar-refractivity contribution in [3.63, 3.8) is 0 Å². The standard InChI is InChI=1S/C13H17N3O4/c1-13(7-2-8-14-9-13)15(12(17)18)10-3-5-11(6-4-10)16(19)20/h3-6,14H,2,7-9H2,1H3,(H,17,18). The Balaban J connectivity index is 2.33. The zero-order valence-electron chi connectivity index (χ0n) is 11.2. The number of hydrogen-bond donors (Lipinski definition) is 2. The molecule has 1 fully saturated rings. The van der Waals surface area contributed by atoms with E-state index in [-0.39, 0.29) is 5.69 Å². The Bertz CT molecular complexity index is 509. The van der Waals surface area contributed by atoms with Gasteiger partial charge in [-0.1, -0.05) is 0 Å². The molecule has 1 aromatic rings. The molecule has 0 aliphatic carbocycles. The molecular weight excluding hydrogens is 262 g/mol. The molecule has 1 aromatic carbocycles. The number of carbonyl (C=O) groups is 1. The first kappa shape index (κ1) is 14.3. The van der Waals surface area contributed by atoms with Crippen LogP contribution >= 0.6 is 0 Å². The number of nitro benzene ring substituents is 1. The molecule has 7 nitrogen and oxygen atoms in total. The lowest BCUT2D eigenvalue weighted by atomic mass is 9.90. The van der Waals surface area contributed by atoms with Crippen molar-refractivity contribution in [2.75, 3.05) is 18.0 Å². The van der Waals surface area contributed by atoms with Crippen LogP contribution in [0, 0.1) is 10.1 Å². The van der Waals surface area contributed by atoms with Crippen molar-refractivity contribution in [2.24, 2.45) is 0 Å². The number of rotatable bonds is 3. The van der Waals surface area contributed by atoms with E-state index in [4.69, 9.17) is 0 Å². The molecule has 0 radical (unpaired) electrons. The van der Waals surface area contributed by atoms with Gasteiger partial charge in [-0.2, -0.15) is 0 Å². The Morgan fingerprint density at radius 3 is 2.55 bits per heavy atom. The number of amides is 1. The highest BCUT2D eigenvalue weighted by atomic mass is 16.6. The van der Waals surface area contributed by atoms with E-state index in [0.29, 0.717) is 12.2 Å². The van der Waals surface area contributed by atoms with Crippen LogP contribution in [0.1, 0.15) is 19.8 Å². The van der Waals surface area contributed by atoms with Crippen LogP contribution in [0.25, 0.3) is 0 Å². The molecule has 2 N–H and O–H groups in total. The summed E-state index contributed by atoms with van der Waals surface area (Å²) in [5, 5.41) is 23.3. The van der Waals surface area contributed by atoms with Gasteiger partial charge in [-0.15, -0.1) is 0 Å². The number of carboxylic acid groups (broad SMARTS) is 1. The van der Waals surface area contributed by atoms with E-state index in [1.165, 1.54) is 29.2 Å². The van der Waals surface area contributed by atoms with Crippen molar-refractivity contribution < 1.29 is 14.8 Å². The van der Waals surface area contributed by atoms with Crippen molar-refractivity contribution in [1.82, 2.24) is 5.32 Å². The first-order valence-electron chi connectivity index (χ1n) is 6.42. The number of hydrogen-bond acceptors (Lipinski definition) is 4. The van der Waals surface area contributed by atoms with Crippen LogP contribution in [0.15, 0.2) is 24.3 Å². The Hall–Kier alpha value is -2.15. The quantitative estimate of drug-likeness (QED) is 0.653. The van der Waals surface area contributed by atoms with Gasteiger partial charge in [0.1, 0.15) is 0 Å². The maximum Gasteiger partial charge on any atom is 0.412 e. The van der Waals surface area contributed by atoms with Gasteiger partial charge in [0.2, 0.25) is 0 Å². The second kappa shape index (κ2) is 5.46. The average molecular weight is 279 g/mol. The maximum absolute atomic E-state index is 11.6. The van der Waals surface area contributed by atoms with Gasteiger partial charge >= 0.3 is 6.09 Å². The summed E-state index contributed by atoms with van der Waals surface area (Å²) in [7, 11) is 0. The number of piperidine rings is 1. The lowest BCUT2D eigenvalue weighted by Gasteiger charge is -2.42. The van der Waals surface area contributed by atoms with Gasteiger partial charge < -0.3 is 10.4 Å². The van der Waals surface area contributed by atoms with Gasteiger partial charge in [-0.05, 0) is 38.4 Å². The first-order valence-corrected chi connectivity index (χ1v) is 6.42. The Morgan fingerprint density at radius 2 is 2.10 bits per heavy atom. The van der Waals surface area contributed by atoms with E-state index < -0.39 is 16.6 Å². The van der Waals surface area contributed by atoms with Crippen LogP contribution in [0.5, 0.6) is 0 Å². The van der Waals surface area contributed by atoms with Crippen LogP contribution in [-0.4, -0.2) is 34.8 Å². The molecule has 1 amide bonds. The predicted molar refractivity (Wildman–Crippen MR) is 74.1 cm³/mol. The van der Waals surface area contributed by atoms with E-state index in [1.807, 2.05) is 6.92 Å². The molecule has 0 aromatic heterocycles. The zero-order chi connectivity index (χ0) is 14.8. The summed E-state index contributed by atoms with van der Waals surface area (Å²) in [4.78, 5) is 23.0. The summed E-state index contributed by atoms with van der Waals surface area (Å²) in [5.41, 5.74) is -0.138. The number of nitrogens with one attached hydrogen (secondary N) is 1. The van der Waals surface area contributed by atoms with Crippen LogP contribution in [0.2, 0.25) is 0 Å². The molecule has 0 saturated carbocycles. The summed E-state index contributed by atoms with van der Waals surface area (Å²) < 4.78 is 0. The third-order valence-corrected chi connectivity index (χ3v) is 3.62. The second-order valence-corrected chi connectivity index (χ2v) is 5.17. The fraction of sp³-hybridized carbons (Fsp3) is 0.462. The number of nitrogens with zero attached hydrogens (tertiary/aromatic N) is 2. The monoisotopic (exact) mass is 279 g/mol. The van der Waals surface area contributed by atoms with Crippen LogP contribution in [0.4, 0.5) is 16.2 Å². The normalized spacial score (nSPS) is 22.2. The SMILES string of the molecule is CC1(N(C(=O)O)c2ccc([N+](=O)[O-])cc2)CCCNC1. The third-order valence-electron chi connectivity index (χ3n) is 3.62. The van der Waals surface area contributed by atoms with Gasteiger partial charge in [0.05, 0.1) is 10.5 Å². The van der Waals surface area contributed by atoms with E-state index >= 15 is 0 Å². The largest absolute Gasteiger partial charge is 0.465 e. The zero-order valence-corrected chi connectivity index (χ0v) is 11.2. The van der Waals surface area contributed by atoms with Crippen LogP contribution in [-0.2, 0) is 0 Å². The Kier molecular flexibility index (Phi) is 3.89. The van der Waals surface area contributed by atoms with Gasteiger partial charge in [-0.3, -0.25) is 15.0 Å². The molecule has 108 valence electrons. The van der Waals surface area contributed by atoms with Crippen molar-refractivity contribution in [3.05, 3.63) is 34.4 Å². The highest BCUT2D eigenvalue weighted by Gasteiger charge is 2.37. The summed E-state index contributed by atoms with van der Waals surface area (Å²) >= 11 is 0. The minimum atomic E-state index is -1.05. The molecule has 1 saturated heterocycles. The van der Waals surface area contributed by atoms with Crippen molar-refractivity contribution in [2.45, 2.75) is 25.3 Å². The van der Waals surface area contributed by atoms with E-state index in [1.54, 1.807) is 0 Å². The molecule has 1 aliphatic heterocycles. The van der Waals surface area contributed by atoms with E-state index in [9.17, 15) is 20.0 Å². The number of benzene rings is 1. The molecule has 1 heterocycles. The van der Waals surface area contributed by atoms with Crippen LogP contribution in [0.3, 0.4) is 0 Å². The lowest BCUT2D eigenvalue weighted by Crippen LogP contribution is -2.58. The average Bonchev–Trinajstić information content (AvgIpc) is 2.39.